The van der Waals surface area contributed by atoms with E-state index in [9.17, 15) is 4.79 Å². The second-order valence-corrected chi connectivity index (χ2v) is 5.69. The van der Waals surface area contributed by atoms with Gasteiger partial charge < -0.3 is 14.2 Å². The monoisotopic (exact) mass is 270 g/mol. The van der Waals surface area contributed by atoms with E-state index in [1.807, 2.05) is 25.2 Å². The Morgan fingerprint density at radius 2 is 2.05 bits per heavy atom. The molecule has 1 aliphatic heterocycles. The summed E-state index contributed by atoms with van der Waals surface area (Å²) in [6.45, 7) is 1.61. The number of hydrogen-bond donors (Lipinski definition) is 0. The van der Waals surface area contributed by atoms with Gasteiger partial charge in [-0.25, -0.2) is 0 Å². The lowest BCUT2D eigenvalue weighted by Crippen LogP contribution is -2.29. The van der Waals surface area contributed by atoms with E-state index in [4.69, 9.17) is 4.74 Å². The molecular formula is C16H18N2O2. The molecule has 1 aliphatic carbocycles. The molecule has 1 aromatic heterocycles. The van der Waals surface area contributed by atoms with Crippen molar-refractivity contribution in [3.63, 3.8) is 0 Å². The lowest BCUT2D eigenvalue weighted by Gasteiger charge is -2.25. The molecule has 1 aromatic carbocycles. The molecule has 0 amide bonds. The van der Waals surface area contributed by atoms with Crippen LogP contribution >= 0.6 is 0 Å². The minimum Gasteiger partial charge on any atom is -0.486 e. The fourth-order valence-electron chi connectivity index (χ4n) is 3.14. The van der Waals surface area contributed by atoms with E-state index < -0.39 is 0 Å². The maximum Gasteiger partial charge on any atom is 0.295 e. The number of anilines is 1. The maximum atomic E-state index is 12.6. The summed E-state index contributed by atoms with van der Waals surface area (Å²) in [5.74, 6) is 0.538. The molecule has 0 atom stereocenters. The van der Waals surface area contributed by atoms with Crippen LogP contribution in [-0.4, -0.2) is 23.8 Å². The van der Waals surface area contributed by atoms with Crippen LogP contribution in [0.1, 0.15) is 19.3 Å². The molecule has 0 spiro atoms. The maximum absolute atomic E-state index is 12.6. The van der Waals surface area contributed by atoms with Crippen molar-refractivity contribution in [1.82, 2.24) is 4.57 Å². The van der Waals surface area contributed by atoms with Crippen molar-refractivity contribution in [3.05, 3.63) is 34.6 Å². The van der Waals surface area contributed by atoms with Gasteiger partial charge in [-0.15, -0.1) is 0 Å². The molecule has 0 saturated heterocycles. The number of para-hydroxylation sites is 1. The summed E-state index contributed by atoms with van der Waals surface area (Å²) in [5.41, 5.74) is 1.97. The minimum absolute atomic E-state index is 0.0220. The summed E-state index contributed by atoms with van der Waals surface area (Å²) in [6, 6.07) is 8.70. The molecule has 0 N–H and O–H groups in total. The zero-order valence-electron chi connectivity index (χ0n) is 11.6. The summed E-state index contributed by atoms with van der Waals surface area (Å²) >= 11 is 0. The van der Waals surface area contributed by atoms with Crippen molar-refractivity contribution >= 4 is 16.6 Å². The van der Waals surface area contributed by atoms with Crippen LogP contribution in [0.2, 0.25) is 0 Å². The molecule has 1 saturated carbocycles. The van der Waals surface area contributed by atoms with Crippen molar-refractivity contribution in [2.45, 2.75) is 25.3 Å². The van der Waals surface area contributed by atoms with Gasteiger partial charge in [0.15, 0.2) is 0 Å². The highest BCUT2D eigenvalue weighted by atomic mass is 16.5. The number of pyridine rings is 1. The number of aromatic nitrogens is 1. The van der Waals surface area contributed by atoms with Gasteiger partial charge in [0.05, 0.1) is 17.8 Å². The normalized spacial score (nSPS) is 18.6. The predicted molar refractivity (Wildman–Crippen MR) is 79.7 cm³/mol. The van der Waals surface area contributed by atoms with Gasteiger partial charge in [-0.3, -0.25) is 4.79 Å². The molecule has 4 rings (SSSR count). The van der Waals surface area contributed by atoms with Crippen LogP contribution in [0.5, 0.6) is 5.75 Å². The first-order valence-corrected chi connectivity index (χ1v) is 7.28. The first-order valence-electron chi connectivity index (χ1n) is 7.28. The Hall–Kier alpha value is -1.97. The number of benzene rings is 1. The fourth-order valence-corrected chi connectivity index (χ4v) is 3.14. The SMILES string of the molecule is Cn1c(=O)c2c(c3ccccc31)N(C1CC1)CCCO2. The molecule has 104 valence electrons. The van der Waals surface area contributed by atoms with Crippen molar-refractivity contribution in [1.29, 1.82) is 0 Å². The predicted octanol–water partition coefficient (Wildman–Crippen LogP) is 2.29. The average molecular weight is 270 g/mol. The molecule has 0 bridgehead atoms. The number of rotatable bonds is 1. The van der Waals surface area contributed by atoms with E-state index in [0.717, 1.165) is 29.6 Å². The van der Waals surface area contributed by atoms with Gasteiger partial charge >= 0.3 is 0 Å². The van der Waals surface area contributed by atoms with Crippen LogP contribution in [0.4, 0.5) is 5.69 Å². The van der Waals surface area contributed by atoms with Crippen LogP contribution in [-0.2, 0) is 7.05 Å². The Morgan fingerprint density at radius 3 is 2.85 bits per heavy atom. The van der Waals surface area contributed by atoms with E-state index in [0.29, 0.717) is 18.4 Å². The quantitative estimate of drug-likeness (QED) is 0.797. The molecule has 2 aliphatic rings. The largest absolute Gasteiger partial charge is 0.486 e. The Kier molecular flexibility index (Phi) is 2.52. The van der Waals surface area contributed by atoms with Crippen LogP contribution in [0, 0.1) is 0 Å². The third-order valence-electron chi connectivity index (χ3n) is 4.30. The third kappa shape index (κ3) is 1.64. The number of nitrogens with zero attached hydrogens (tertiary/aromatic N) is 2. The van der Waals surface area contributed by atoms with Crippen molar-refractivity contribution in [3.8, 4) is 5.75 Å². The first kappa shape index (κ1) is 11.8. The Labute approximate surface area is 117 Å². The highest BCUT2D eigenvalue weighted by Crippen LogP contribution is 2.41. The average Bonchev–Trinajstić information content (AvgIpc) is 3.29. The second kappa shape index (κ2) is 4.27. The van der Waals surface area contributed by atoms with Gasteiger partial charge in [0, 0.05) is 25.0 Å². The van der Waals surface area contributed by atoms with Crippen molar-refractivity contribution in [2.24, 2.45) is 7.05 Å². The highest BCUT2D eigenvalue weighted by Gasteiger charge is 2.34. The standard InChI is InChI=1S/C16H18N2O2/c1-17-13-6-3-2-5-12(13)14-15(16(17)19)20-10-4-9-18(14)11-7-8-11/h2-3,5-6,11H,4,7-10H2,1H3. The van der Waals surface area contributed by atoms with E-state index in [-0.39, 0.29) is 5.56 Å². The summed E-state index contributed by atoms with van der Waals surface area (Å²) < 4.78 is 7.50. The van der Waals surface area contributed by atoms with Gasteiger partial charge in [-0.2, -0.15) is 0 Å². The summed E-state index contributed by atoms with van der Waals surface area (Å²) in [5, 5.41) is 1.12. The van der Waals surface area contributed by atoms with Gasteiger partial charge in [0.1, 0.15) is 0 Å². The Balaban J connectivity index is 2.09. The van der Waals surface area contributed by atoms with Gasteiger partial charge in [-0.1, -0.05) is 18.2 Å². The second-order valence-electron chi connectivity index (χ2n) is 5.69. The topological polar surface area (TPSA) is 34.5 Å². The van der Waals surface area contributed by atoms with Crippen LogP contribution in [0.15, 0.2) is 29.1 Å². The molecule has 4 heteroatoms. The molecule has 2 aromatic rings. The van der Waals surface area contributed by atoms with Crippen LogP contribution in [0.25, 0.3) is 10.9 Å². The summed E-state index contributed by atoms with van der Waals surface area (Å²) in [6.07, 6.45) is 3.43. The highest BCUT2D eigenvalue weighted by molar-refractivity contribution is 5.95. The number of aryl methyl sites for hydroxylation is 1. The summed E-state index contributed by atoms with van der Waals surface area (Å²) in [7, 11) is 1.82. The van der Waals surface area contributed by atoms with Crippen LogP contribution < -0.4 is 15.2 Å². The molecular weight excluding hydrogens is 252 g/mol. The fraction of sp³-hybridized carbons (Fsp3) is 0.438. The first-order chi connectivity index (χ1) is 9.77. The van der Waals surface area contributed by atoms with Crippen LogP contribution in [0.3, 0.4) is 0 Å². The number of hydrogen-bond acceptors (Lipinski definition) is 3. The van der Waals surface area contributed by atoms with Crippen molar-refractivity contribution < 1.29 is 4.74 Å². The van der Waals surface area contributed by atoms with Gasteiger partial charge in [-0.05, 0) is 25.3 Å². The molecule has 20 heavy (non-hydrogen) atoms. The zero-order valence-corrected chi connectivity index (χ0v) is 11.6. The summed E-state index contributed by atoms with van der Waals surface area (Å²) in [4.78, 5) is 15.0. The van der Waals surface area contributed by atoms with E-state index in [1.165, 1.54) is 12.8 Å². The minimum atomic E-state index is -0.0220. The van der Waals surface area contributed by atoms with Crippen molar-refractivity contribution in [2.75, 3.05) is 18.1 Å². The third-order valence-corrected chi connectivity index (χ3v) is 4.30. The van der Waals surface area contributed by atoms with E-state index >= 15 is 0 Å². The Bertz CT molecular complexity index is 731. The smallest absolute Gasteiger partial charge is 0.295 e. The van der Waals surface area contributed by atoms with E-state index in [2.05, 4.69) is 11.0 Å². The number of fused-ring (bicyclic) bond motifs is 3. The lowest BCUT2D eigenvalue weighted by atomic mass is 10.1. The van der Waals surface area contributed by atoms with E-state index in [1.54, 1.807) is 4.57 Å². The van der Waals surface area contributed by atoms with Gasteiger partial charge in [0.25, 0.3) is 5.56 Å². The lowest BCUT2D eigenvalue weighted by molar-refractivity contribution is 0.317. The molecule has 0 unspecified atom stereocenters. The molecule has 2 heterocycles. The zero-order chi connectivity index (χ0) is 13.7. The Morgan fingerprint density at radius 1 is 1.25 bits per heavy atom. The molecule has 1 fully saturated rings. The molecule has 0 radical (unpaired) electrons. The number of ether oxygens (including phenoxy) is 1. The molecule has 4 nitrogen and oxygen atoms in total. The van der Waals surface area contributed by atoms with Gasteiger partial charge in [0.2, 0.25) is 5.75 Å².